The van der Waals surface area contributed by atoms with Gasteiger partial charge < -0.3 is 0 Å². The monoisotopic (exact) mass is 326 g/mol. The van der Waals surface area contributed by atoms with Crippen LogP contribution < -0.4 is 0 Å². The fraction of sp³-hybridized carbons (Fsp3) is 1.00. The summed E-state index contributed by atoms with van der Waals surface area (Å²) in [5, 5.41) is 0. The minimum Gasteiger partial charge on any atom is -0.191 e. The molecule has 88 valence electrons. The summed E-state index contributed by atoms with van der Waals surface area (Å²) in [6, 6.07) is 0. The number of alkyl halides is 4. The van der Waals surface area contributed by atoms with Crippen molar-refractivity contribution in [2.45, 2.75) is 11.5 Å². The molecule has 0 aromatic heterocycles. The summed E-state index contributed by atoms with van der Waals surface area (Å²) in [6.45, 7) is 0. The Hall–Kier alpha value is 0.163. The molecule has 0 N–H and O–H groups in total. The molecule has 0 aliphatic heterocycles. The Bertz CT molecular complexity index is 336. The van der Waals surface area contributed by atoms with Crippen molar-refractivity contribution in [1.82, 2.24) is 0 Å². The van der Waals surface area contributed by atoms with Crippen LogP contribution in [0.1, 0.15) is 0 Å². The van der Waals surface area contributed by atoms with E-state index in [2.05, 4.69) is 8.67 Å². The van der Waals surface area contributed by atoms with Gasteiger partial charge in [-0.3, -0.25) is 0 Å². The molecule has 0 radical (unpaired) electrons. The van der Waals surface area contributed by atoms with Gasteiger partial charge in [0.1, 0.15) is 0 Å². The van der Waals surface area contributed by atoms with Crippen molar-refractivity contribution in [2.75, 3.05) is 0 Å². The van der Waals surface area contributed by atoms with Crippen LogP contribution in [0.5, 0.6) is 0 Å². The first-order valence-electron chi connectivity index (χ1n) is 2.51. The van der Waals surface area contributed by atoms with Crippen LogP contribution in [0.25, 0.3) is 0 Å². The quantitative estimate of drug-likeness (QED) is 0.307. The van der Waals surface area contributed by atoms with E-state index in [-0.39, 0.29) is 19.5 Å². The first-order valence-corrected chi connectivity index (χ1v) is 5.45. The van der Waals surface area contributed by atoms with E-state index in [4.69, 9.17) is 0 Å². The smallest absolute Gasteiger partial charge is 0.191 e. The molecule has 0 aromatic carbocycles. The van der Waals surface area contributed by atoms with Crippen LogP contribution in [0.2, 0.25) is 0 Å². The number of hydrogen-bond acceptors (Lipinski definition) is 6. The average molecular weight is 328 g/mol. The maximum atomic E-state index is 11.4. The van der Waals surface area contributed by atoms with Gasteiger partial charge in [0.2, 0.25) is 0 Å². The van der Waals surface area contributed by atoms with Gasteiger partial charge in [-0.25, -0.2) is 0 Å². The summed E-state index contributed by atoms with van der Waals surface area (Å²) in [5.74, 6) is -8.20. The van der Waals surface area contributed by atoms with Crippen LogP contribution in [0.4, 0.5) is 17.6 Å². The van der Waals surface area contributed by atoms with E-state index in [1.807, 2.05) is 0 Å². The Morgan fingerprint density at radius 1 is 0.733 bits per heavy atom. The van der Waals surface area contributed by atoms with Gasteiger partial charge in [0.05, 0.1) is 0 Å². The molecule has 6 nitrogen and oxygen atoms in total. The van der Waals surface area contributed by atoms with Gasteiger partial charge >= 0.3 is 31.8 Å². The van der Waals surface area contributed by atoms with Crippen LogP contribution in [-0.4, -0.2) is 28.4 Å². The molecule has 0 aliphatic rings. The van der Waals surface area contributed by atoms with Crippen molar-refractivity contribution >= 4 is 20.2 Å². The summed E-state index contributed by atoms with van der Waals surface area (Å²) in [6.07, 6.45) is 0. The van der Waals surface area contributed by atoms with Gasteiger partial charge in [-0.1, -0.05) is 8.67 Å². The molecule has 0 aliphatic carbocycles. The van der Waals surface area contributed by atoms with E-state index in [1.165, 1.54) is 0 Å². The van der Waals surface area contributed by atoms with Crippen LogP contribution in [0, 0.1) is 0 Å². The average Bonchev–Trinajstić information content (AvgIpc) is 2.01. The van der Waals surface area contributed by atoms with Crippen molar-refractivity contribution in [3.8, 4) is 0 Å². The molecule has 15 heavy (non-hydrogen) atoms. The molecule has 13 heteroatoms. The van der Waals surface area contributed by atoms with Crippen molar-refractivity contribution in [2.24, 2.45) is 0 Å². The van der Waals surface area contributed by atoms with Crippen molar-refractivity contribution in [1.29, 1.82) is 0 Å². The molecule has 0 spiro atoms. The Balaban J connectivity index is 0. The van der Waals surface area contributed by atoms with Gasteiger partial charge in [-0.05, 0) is 0 Å². The van der Waals surface area contributed by atoms with Crippen molar-refractivity contribution in [3.63, 3.8) is 0 Å². The van der Waals surface area contributed by atoms with Gasteiger partial charge in [-0.15, -0.1) is 0 Å². The molecule has 0 unspecified atom stereocenters. The summed E-state index contributed by atoms with van der Waals surface area (Å²) < 4.78 is 91.0. The number of halogens is 4. The third kappa shape index (κ3) is 5.71. The second-order valence-corrected chi connectivity index (χ2v) is 4.60. The number of hydrogen-bond donors (Lipinski definition) is 0. The van der Waals surface area contributed by atoms with Gasteiger partial charge in [-0.2, -0.15) is 34.4 Å². The minimum atomic E-state index is -5.63. The van der Waals surface area contributed by atoms with Gasteiger partial charge in [0, 0.05) is 19.5 Å². The first kappa shape index (κ1) is 17.6. The molecular weight excluding hydrogens is 326 g/mol. The normalized spacial score (nSPS) is 12.9. The summed E-state index contributed by atoms with van der Waals surface area (Å²) in [7, 11) is -11.3. The SMILES string of the molecule is O=S(=O)(OOS(=O)(=O)C(F)F)C(F)F.[Zn]. The first-order chi connectivity index (χ1) is 6.09. The summed E-state index contributed by atoms with van der Waals surface area (Å²) >= 11 is 0. The molecule has 0 heterocycles. The second-order valence-electron chi connectivity index (χ2n) is 1.64. The fourth-order valence-electron chi connectivity index (χ4n) is 0.137. The predicted octanol–water partition coefficient (Wildman–Crippen LogP) is 0.0369. The molecule has 0 fully saturated rings. The van der Waals surface area contributed by atoms with E-state index >= 15 is 0 Å². The van der Waals surface area contributed by atoms with Crippen LogP contribution in [-0.2, 0) is 48.4 Å². The molecule has 0 amide bonds. The van der Waals surface area contributed by atoms with E-state index in [0.29, 0.717) is 0 Å². The van der Waals surface area contributed by atoms with E-state index in [9.17, 15) is 34.4 Å². The van der Waals surface area contributed by atoms with Crippen molar-refractivity contribution in [3.05, 3.63) is 0 Å². The maximum Gasteiger partial charge on any atom is 0.363 e. The number of rotatable bonds is 5. The zero-order valence-electron chi connectivity index (χ0n) is 6.64. The second kappa shape index (κ2) is 6.04. The zero-order chi connectivity index (χ0) is 11.6. The van der Waals surface area contributed by atoms with Crippen molar-refractivity contribution < 1.29 is 62.5 Å². The Kier molecular flexibility index (Phi) is 7.06. The maximum absolute atomic E-state index is 11.4. The molecule has 0 saturated heterocycles. The fourth-order valence-corrected chi connectivity index (χ4v) is 0.875. The van der Waals surface area contributed by atoms with Crippen LogP contribution in [0.3, 0.4) is 0 Å². The largest absolute Gasteiger partial charge is 0.363 e. The molecule has 0 rings (SSSR count). The Labute approximate surface area is 94.5 Å². The molecular formula is C2H2F4O6S2Zn. The van der Waals surface area contributed by atoms with E-state index < -0.39 is 31.8 Å². The molecule has 0 bridgehead atoms. The third-order valence-corrected chi connectivity index (χ3v) is 2.13. The zero-order valence-corrected chi connectivity index (χ0v) is 11.2. The molecule has 0 atom stereocenters. The third-order valence-electron chi connectivity index (χ3n) is 0.654. The topological polar surface area (TPSA) is 86.7 Å². The molecule has 0 aromatic rings. The Morgan fingerprint density at radius 2 is 0.933 bits per heavy atom. The standard InChI is InChI=1S/C2H2F4O6S2.Zn/c3-1(4)13(7,8)11-12-14(9,10)2(5)6;/h1-2H;. The van der Waals surface area contributed by atoms with Gasteiger partial charge in [0.15, 0.2) is 0 Å². The summed E-state index contributed by atoms with van der Waals surface area (Å²) in [4.78, 5) is 0. The van der Waals surface area contributed by atoms with E-state index in [0.717, 1.165) is 0 Å². The van der Waals surface area contributed by atoms with Crippen LogP contribution >= 0.6 is 0 Å². The van der Waals surface area contributed by atoms with E-state index in [1.54, 1.807) is 0 Å². The Morgan fingerprint density at radius 3 is 1.07 bits per heavy atom. The predicted molar refractivity (Wildman–Crippen MR) is 32.0 cm³/mol. The van der Waals surface area contributed by atoms with Crippen LogP contribution in [0.15, 0.2) is 0 Å². The molecule has 0 saturated carbocycles. The van der Waals surface area contributed by atoms with Gasteiger partial charge in [0.25, 0.3) is 0 Å². The summed E-state index contributed by atoms with van der Waals surface area (Å²) in [5.41, 5.74) is 0. The minimum absolute atomic E-state index is 0.